The summed E-state index contributed by atoms with van der Waals surface area (Å²) in [5.41, 5.74) is 2.71. The van der Waals surface area contributed by atoms with Crippen LogP contribution in [-0.4, -0.2) is 18.5 Å². The summed E-state index contributed by atoms with van der Waals surface area (Å²) in [5, 5.41) is 0.606. The van der Waals surface area contributed by atoms with Crippen LogP contribution in [0.5, 0.6) is 11.5 Å². The Morgan fingerprint density at radius 3 is 2.48 bits per heavy atom. The van der Waals surface area contributed by atoms with Crippen molar-refractivity contribution in [1.29, 1.82) is 0 Å². The fourth-order valence-electron chi connectivity index (χ4n) is 3.29. The van der Waals surface area contributed by atoms with E-state index < -0.39 is 0 Å². The van der Waals surface area contributed by atoms with E-state index in [1.165, 1.54) is 0 Å². The molecule has 5 nitrogen and oxygen atoms in total. The summed E-state index contributed by atoms with van der Waals surface area (Å²) in [5.74, 6) is 1.72. The molecule has 0 radical (unpaired) electrons. The average molecular weight is 403 g/mol. The van der Waals surface area contributed by atoms with Crippen molar-refractivity contribution in [2.24, 2.45) is 4.99 Å². The molecule has 0 saturated carbocycles. The van der Waals surface area contributed by atoms with Gasteiger partial charge >= 0.3 is 0 Å². The van der Waals surface area contributed by atoms with Crippen molar-refractivity contribution in [3.8, 4) is 11.5 Å². The Morgan fingerprint density at radius 2 is 1.69 bits per heavy atom. The van der Waals surface area contributed by atoms with Crippen molar-refractivity contribution >= 4 is 35.1 Å². The molecule has 2 aliphatic heterocycles. The molecule has 0 fully saturated rings. The summed E-state index contributed by atoms with van der Waals surface area (Å²) < 4.78 is 10.8. The van der Waals surface area contributed by atoms with E-state index in [0.29, 0.717) is 33.7 Å². The molecule has 0 aromatic heterocycles. The van der Waals surface area contributed by atoms with Crippen molar-refractivity contribution < 1.29 is 14.3 Å². The number of benzene rings is 3. The number of aliphatic imine (C=N–C) groups is 1. The molecule has 0 aliphatic carbocycles. The van der Waals surface area contributed by atoms with E-state index in [4.69, 9.17) is 21.1 Å². The van der Waals surface area contributed by atoms with Gasteiger partial charge in [0.25, 0.3) is 5.91 Å². The lowest BCUT2D eigenvalue weighted by atomic mass is 10.1. The topological polar surface area (TPSA) is 51.1 Å². The van der Waals surface area contributed by atoms with Crippen LogP contribution in [0.4, 0.5) is 5.69 Å². The first-order chi connectivity index (χ1) is 14.2. The lowest BCUT2D eigenvalue weighted by Gasteiger charge is -2.18. The molecular weight excluding hydrogens is 388 g/mol. The van der Waals surface area contributed by atoms with Crippen LogP contribution in [0.1, 0.15) is 11.1 Å². The zero-order valence-corrected chi connectivity index (χ0v) is 16.0. The summed E-state index contributed by atoms with van der Waals surface area (Å²) in [6.07, 6.45) is 1.75. The minimum Gasteiger partial charge on any atom is -0.454 e. The van der Waals surface area contributed by atoms with Gasteiger partial charge in [0, 0.05) is 10.6 Å². The van der Waals surface area contributed by atoms with Gasteiger partial charge in [-0.05, 0) is 48.0 Å². The molecule has 5 rings (SSSR count). The van der Waals surface area contributed by atoms with Gasteiger partial charge in [0.1, 0.15) is 11.5 Å². The molecule has 3 aromatic carbocycles. The van der Waals surface area contributed by atoms with E-state index in [9.17, 15) is 4.79 Å². The van der Waals surface area contributed by atoms with E-state index in [1.54, 1.807) is 23.1 Å². The Hall–Kier alpha value is -3.57. The number of fused-ring (bicyclic) bond motifs is 1. The highest BCUT2D eigenvalue weighted by atomic mass is 35.5. The normalized spacial score (nSPS) is 16.4. The molecule has 0 spiro atoms. The number of hydrogen-bond donors (Lipinski definition) is 0. The highest BCUT2D eigenvalue weighted by Gasteiger charge is 2.32. The number of carbonyl (C=O) groups is 1. The van der Waals surface area contributed by atoms with Gasteiger partial charge in [-0.15, -0.1) is 0 Å². The Kier molecular flexibility index (Phi) is 4.30. The number of ether oxygens (including phenoxy) is 2. The SMILES string of the molecule is O=C1/C(=C\c2ccc3c(c2)OCO3)N=C(c2ccccc2)N1c1ccc(Cl)cc1. The van der Waals surface area contributed by atoms with Crippen LogP contribution >= 0.6 is 11.6 Å². The van der Waals surface area contributed by atoms with Gasteiger partial charge in [-0.1, -0.05) is 48.0 Å². The molecule has 142 valence electrons. The summed E-state index contributed by atoms with van der Waals surface area (Å²) in [4.78, 5) is 19.5. The first-order valence-corrected chi connectivity index (χ1v) is 9.42. The number of nitrogens with zero attached hydrogens (tertiary/aromatic N) is 2. The maximum absolute atomic E-state index is 13.3. The summed E-state index contributed by atoms with van der Waals surface area (Å²) >= 11 is 6.02. The molecule has 2 aliphatic rings. The predicted molar refractivity (Wildman–Crippen MR) is 112 cm³/mol. The van der Waals surface area contributed by atoms with Gasteiger partial charge in [0.05, 0.1) is 5.69 Å². The van der Waals surface area contributed by atoms with Gasteiger partial charge in [0.15, 0.2) is 11.5 Å². The van der Waals surface area contributed by atoms with Gasteiger partial charge < -0.3 is 9.47 Å². The number of amidine groups is 1. The highest BCUT2D eigenvalue weighted by Crippen LogP contribution is 2.34. The van der Waals surface area contributed by atoms with Crippen LogP contribution in [0.3, 0.4) is 0 Å². The number of carbonyl (C=O) groups excluding carboxylic acids is 1. The second-order valence-corrected chi connectivity index (χ2v) is 7.00. The van der Waals surface area contributed by atoms with Crippen molar-refractivity contribution in [3.05, 3.63) is 94.6 Å². The standard InChI is InChI=1S/C23H15ClN2O3/c24-17-7-9-18(10-8-17)26-22(16-4-2-1-3-5-16)25-19(23(26)27)12-15-6-11-20-21(13-15)29-14-28-20/h1-13H,14H2/b19-12+. The maximum Gasteiger partial charge on any atom is 0.282 e. The van der Waals surface area contributed by atoms with Crippen LogP contribution in [0.25, 0.3) is 6.08 Å². The molecule has 6 heteroatoms. The van der Waals surface area contributed by atoms with Crippen molar-refractivity contribution in [2.75, 3.05) is 11.7 Å². The quantitative estimate of drug-likeness (QED) is 0.585. The zero-order chi connectivity index (χ0) is 19.8. The predicted octanol–water partition coefficient (Wildman–Crippen LogP) is 4.90. The number of hydrogen-bond acceptors (Lipinski definition) is 4. The van der Waals surface area contributed by atoms with Crippen LogP contribution in [-0.2, 0) is 4.79 Å². The van der Waals surface area contributed by atoms with Crippen LogP contribution in [0.2, 0.25) is 5.02 Å². The van der Waals surface area contributed by atoms with E-state index >= 15 is 0 Å². The zero-order valence-electron chi connectivity index (χ0n) is 15.2. The molecule has 0 saturated heterocycles. The third kappa shape index (κ3) is 3.26. The van der Waals surface area contributed by atoms with Gasteiger partial charge in [-0.25, -0.2) is 4.99 Å². The lowest BCUT2D eigenvalue weighted by molar-refractivity contribution is -0.113. The van der Waals surface area contributed by atoms with Gasteiger partial charge in [-0.3, -0.25) is 9.69 Å². The lowest BCUT2D eigenvalue weighted by Crippen LogP contribution is -2.32. The fraction of sp³-hybridized carbons (Fsp3) is 0.0435. The Labute approximate surface area is 172 Å². The first kappa shape index (κ1) is 17.5. The van der Waals surface area contributed by atoms with Crippen molar-refractivity contribution in [1.82, 2.24) is 0 Å². The maximum atomic E-state index is 13.3. The third-order valence-electron chi connectivity index (χ3n) is 4.68. The minimum absolute atomic E-state index is 0.203. The Morgan fingerprint density at radius 1 is 0.931 bits per heavy atom. The highest BCUT2D eigenvalue weighted by molar-refractivity contribution is 6.33. The molecule has 0 bridgehead atoms. The molecule has 2 heterocycles. The van der Waals surface area contributed by atoms with Crippen LogP contribution in [0, 0.1) is 0 Å². The molecular formula is C23H15ClN2O3. The van der Waals surface area contributed by atoms with Crippen molar-refractivity contribution in [3.63, 3.8) is 0 Å². The second kappa shape index (κ2) is 7.11. The minimum atomic E-state index is -0.205. The summed E-state index contributed by atoms with van der Waals surface area (Å²) in [6, 6.07) is 22.3. The Balaban J connectivity index is 1.59. The van der Waals surface area contributed by atoms with Gasteiger partial charge in [0.2, 0.25) is 6.79 Å². The number of rotatable bonds is 3. The smallest absolute Gasteiger partial charge is 0.282 e. The average Bonchev–Trinajstić information content (AvgIpc) is 3.34. The largest absolute Gasteiger partial charge is 0.454 e. The molecule has 29 heavy (non-hydrogen) atoms. The monoisotopic (exact) mass is 402 g/mol. The number of anilines is 1. The van der Waals surface area contributed by atoms with Crippen LogP contribution < -0.4 is 14.4 Å². The molecule has 3 aromatic rings. The second-order valence-electron chi connectivity index (χ2n) is 6.56. The number of halogens is 1. The van der Waals surface area contributed by atoms with E-state index in [-0.39, 0.29) is 12.7 Å². The van der Waals surface area contributed by atoms with E-state index in [0.717, 1.165) is 11.1 Å². The Bertz CT molecular complexity index is 1150. The third-order valence-corrected chi connectivity index (χ3v) is 4.93. The molecule has 0 unspecified atom stereocenters. The summed E-state index contributed by atoms with van der Waals surface area (Å²) in [6.45, 7) is 0.203. The fourth-order valence-corrected chi connectivity index (χ4v) is 3.41. The molecule has 0 atom stereocenters. The number of amides is 1. The van der Waals surface area contributed by atoms with Gasteiger partial charge in [-0.2, -0.15) is 0 Å². The summed E-state index contributed by atoms with van der Waals surface area (Å²) in [7, 11) is 0. The van der Waals surface area contributed by atoms with E-state index in [2.05, 4.69) is 4.99 Å². The van der Waals surface area contributed by atoms with E-state index in [1.807, 2.05) is 60.7 Å². The molecule has 0 N–H and O–H groups in total. The van der Waals surface area contributed by atoms with Crippen LogP contribution in [0.15, 0.2) is 83.5 Å². The van der Waals surface area contributed by atoms with Crippen molar-refractivity contribution in [2.45, 2.75) is 0 Å². The first-order valence-electron chi connectivity index (χ1n) is 9.04. The molecule has 1 amide bonds.